The molecule has 2 aromatic rings. The number of anilines is 1. The van der Waals surface area contributed by atoms with E-state index in [2.05, 4.69) is 5.32 Å². The fraction of sp³-hybridized carbons (Fsp3) is 0.200. The summed E-state index contributed by atoms with van der Waals surface area (Å²) in [7, 11) is 2.89. The fourth-order valence-corrected chi connectivity index (χ4v) is 2.27. The molecule has 29 heavy (non-hydrogen) atoms. The van der Waals surface area contributed by atoms with Crippen LogP contribution in [-0.2, 0) is 20.5 Å². The Bertz CT molecular complexity index is 909. The largest absolute Gasteiger partial charge is 0.497 e. The van der Waals surface area contributed by atoms with Crippen LogP contribution in [0.1, 0.15) is 11.1 Å². The molecule has 0 spiro atoms. The van der Waals surface area contributed by atoms with E-state index in [-0.39, 0.29) is 5.56 Å². The lowest BCUT2D eigenvalue weighted by molar-refractivity contribution is -0.142. The molecule has 0 fully saturated rings. The number of carbonyl (C=O) groups is 2. The fourth-order valence-electron chi connectivity index (χ4n) is 2.27. The highest BCUT2D eigenvalue weighted by atomic mass is 19.4. The average Bonchev–Trinajstić information content (AvgIpc) is 2.70. The first-order chi connectivity index (χ1) is 13.7. The van der Waals surface area contributed by atoms with Crippen LogP contribution in [0.4, 0.5) is 18.9 Å². The van der Waals surface area contributed by atoms with Crippen LogP contribution < -0.4 is 14.8 Å². The van der Waals surface area contributed by atoms with Crippen LogP contribution in [0.15, 0.2) is 48.5 Å². The highest BCUT2D eigenvalue weighted by molar-refractivity contribution is 5.95. The van der Waals surface area contributed by atoms with Crippen molar-refractivity contribution in [3.8, 4) is 11.5 Å². The number of nitrogens with one attached hydrogen (secondary N) is 1. The van der Waals surface area contributed by atoms with E-state index in [1.807, 2.05) is 0 Å². The van der Waals surface area contributed by atoms with E-state index in [0.29, 0.717) is 17.2 Å². The molecule has 0 radical (unpaired) electrons. The summed E-state index contributed by atoms with van der Waals surface area (Å²) in [4.78, 5) is 23.7. The van der Waals surface area contributed by atoms with Crippen LogP contribution >= 0.6 is 0 Å². The lowest BCUT2D eigenvalue weighted by Crippen LogP contribution is -2.20. The maximum absolute atomic E-state index is 12.7. The summed E-state index contributed by atoms with van der Waals surface area (Å²) in [5.41, 5.74) is -0.339. The van der Waals surface area contributed by atoms with Crippen LogP contribution in [0.25, 0.3) is 6.08 Å². The summed E-state index contributed by atoms with van der Waals surface area (Å²) in [5.74, 6) is -0.635. The van der Waals surface area contributed by atoms with Crippen molar-refractivity contribution in [2.45, 2.75) is 6.18 Å². The number of methoxy groups -OCH3 is 2. The van der Waals surface area contributed by atoms with Gasteiger partial charge in [-0.15, -0.1) is 0 Å². The van der Waals surface area contributed by atoms with Gasteiger partial charge in [-0.3, -0.25) is 4.79 Å². The number of rotatable bonds is 7. The summed E-state index contributed by atoms with van der Waals surface area (Å²) in [6.45, 7) is -0.591. The van der Waals surface area contributed by atoms with Crippen molar-refractivity contribution in [1.82, 2.24) is 0 Å². The predicted molar refractivity (Wildman–Crippen MR) is 99.6 cm³/mol. The topological polar surface area (TPSA) is 73.9 Å². The molecule has 0 saturated heterocycles. The van der Waals surface area contributed by atoms with Crippen molar-refractivity contribution < 1.29 is 37.0 Å². The Balaban J connectivity index is 1.92. The van der Waals surface area contributed by atoms with Crippen molar-refractivity contribution in [2.24, 2.45) is 0 Å². The Morgan fingerprint density at radius 3 is 2.48 bits per heavy atom. The van der Waals surface area contributed by atoms with E-state index < -0.39 is 30.2 Å². The molecule has 0 atom stereocenters. The molecule has 0 unspecified atom stereocenters. The van der Waals surface area contributed by atoms with Crippen molar-refractivity contribution in [1.29, 1.82) is 0 Å². The van der Waals surface area contributed by atoms with Gasteiger partial charge in [-0.05, 0) is 35.9 Å². The first-order valence-electron chi connectivity index (χ1n) is 8.27. The third kappa shape index (κ3) is 6.56. The van der Waals surface area contributed by atoms with Gasteiger partial charge in [0.2, 0.25) is 0 Å². The van der Waals surface area contributed by atoms with E-state index >= 15 is 0 Å². The summed E-state index contributed by atoms with van der Waals surface area (Å²) >= 11 is 0. The third-order valence-corrected chi connectivity index (χ3v) is 3.65. The highest BCUT2D eigenvalue weighted by Crippen LogP contribution is 2.30. The first kappa shape index (κ1) is 21.8. The molecule has 2 rings (SSSR count). The maximum Gasteiger partial charge on any atom is 0.416 e. The second-order valence-corrected chi connectivity index (χ2v) is 5.68. The molecule has 0 bridgehead atoms. The quantitative estimate of drug-likeness (QED) is 0.554. The van der Waals surface area contributed by atoms with Crippen LogP contribution in [0.5, 0.6) is 11.5 Å². The Morgan fingerprint density at radius 1 is 1.07 bits per heavy atom. The summed E-state index contributed by atoms with van der Waals surface area (Å²) in [5, 5.41) is 2.52. The van der Waals surface area contributed by atoms with E-state index in [0.717, 1.165) is 18.2 Å². The Hall–Kier alpha value is -3.49. The molecular formula is C20H18F3NO5. The third-order valence-electron chi connectivity index (χ3n) is 3.65. The molecule has 154 valence electrons. The molecule has 0 aliphatic carbocycles. The highest BCUT2D eigenvalue weighted by Gasteiger charge is 2.30. The minimum absolute atomic E-state index is 0.169. The van der Waals surface area contributed by atoms with Crippen LogP contribution in [0.3, 0.4) is 0 Å². The standard InChI is InChI=1S/C20H18F3NO5/c1-27-15-7-8-17(28-2)16(11-15)24-18(25)12-29-19(26)9-6-13-4-3-5-14(10-13)20(21,22)23/h3-11H,12H2,1-2H3,(H,24,25)/b9-6+. The number of alkyl halides is 3. The van der Waals surface area contributed by atoms with Crippen molar-refractivity contribution >= 4 is 23.6 Å². The smallest absolute Gasteiger partial charge is 0.416 e. The number of halogens is 3. The summed E-state index contributed by atoms with van der Waals surface area (Å²) < 4.78 is 53.0. The van der Waals surface area contributed by atoms with Crippen molar-refractivity contribution in [3.63, 3.8) is 0 Å². The summed E-state index contributed by atoms with van der Waals surface area (Å²) in [6, 6.07) is 9.22. The van der Waals surface area contributed by atoms with E-state index in [1.54, 1.807) is 12.1 Å². The van der Waals surface area contributed by atoms with E-state index in [1.165, 1.54) is 38.5 Å². The maximum atomic E-state index is 12.7. The van der Waals surface area contributed by atoms with E-state index in [9.17, 15) is 22.8 Å². The lowest BCUT2D eigenvalue weighted by Gasteiger charge is -2.11. The van der Waals surface area contributed by atoms with Gasteiger partial charge >= 0.3 is 12.1 Å². The molecule has 2 aromatic carbocycles. The van der Waals surface area contributed by atoms with Crippen molar-refractivity contribution in [2.75, 3.05) is 26.1 Å². The molecule has 0 saturated carbocycles. The number of benzene rings is 2. The van der Waals surface area contributed by atoms with Gasteiger partial charge in [0.1, 0.15) is 11.5 Å². The Kier molecular flexibility index (Phi) is 7.24. The van der Waals surface area contributed by atoms with Crippen LogP contribution in [0.2, 0.25) is 0 Å². The average molecular weight is 409 g/mol. The predicted octanol–water partition coefficient (Wildman–Crippen LogP) is 3.92. The molecular weight excluding hydrogens is 391 g/mol. The normalized spacial score (nSPS) is 11.2. The molecule has 9 heteroatoms. The Morgan fingerprint density at radius 2 is 1.83 bits per heavy atom. The van der Waals surface area contributed by atoms with Gasteiger partial charge in [-0.1, -0.05) is 12.1 Å². The van der Waals surface area contributed by atoms with Gasteiger partial charge in [0.25, 0.3) is 5.91 Å². The monoisotopic (exact) mass is 409 g/mol. The minimum atomic E-state index is -4.48. The molecule has 0 aliphatic rings. The number of ether oxygens (including phenoxy) is 3. The first-order valence-corrected chi connectivity index (χ1v) is 8.27. The number of amides is 1. The van der Waals surface area contributed by atoms with Gasteiger partial charge in [-0.2, -0.15) is 13.2 Å². The second kappa shape index (κ2) is 9.63. The second-order valence-electron chi connectivity index (χ2n) is 5.68. The van der Waals surface area contributed by atoms with Crippen LogP contribution in [0, 0.1) is 0 Å². The number of hydrogen-bond donors (Lipinski definition) is 1. The molecule has 6 nitrogen and oxygen atoms in total. The van der Waals surface area contributed by atoms with Gasteiger partial charge < -0.3 is 19.5 Å². The minimum Gasteiger partial charge on any atom is -0.497 e. The Labute approximate surface area is 164 Å². The number of hydrogen-bond acceptors (Lipinski definition) is 5. The van der Waals surface area contributed by atoms with Gasteiger partial charge in [0.15, 0.2) is 6.61 Å². The van der Waals surface area contributed by atoms with E-state index in [4.69, 9.17) is 14.2 Å². The number of carbonyl (C=O) groups excluding carboxylic acids is 2. The number of esters is 1. The lowest BCUT2D eigenvalue weighted by atomic mass is 10.1. The zero-order valence-corrected chi connectivity index (χ0v) is 15.6. The van der Waals surface area contributed by atoms with Crippen LogP contribution in [-0.4, -0.2) is 32.7 Å². The van der Waals surface area contributed by atoms with Gasteiger partial charge in [-0.25, -0.2) is 4.79 Å². The van der Waals surface area contributed by atoms with Gasteiger partial charge in [0.05, 0.1) is 25.5 Å². The molecule has 0 aliphatic heterocycles. The molecule has 1 N–H and O–H groups in total. The molecule has 0 aromatic heterocycles. The van der Waals surface area contributed by atoms with Crippen molar-refractivity contribution in [3.05, 3.63) is 59.7 Å². The SMILES string of the molecule is COc1ccc(OC)c(NC(=O)COC(=O)/C=C/c2cccc(C(F)(F)F)c2)c1. The molecule has 0 heterocycles. The zero-order valence-electron chi connectivity index (χ0n) is 15.6. The molecule has 1 amide bonds. The summed E-state index contributed by atoms with van der Waals surface area (Å²) in [6.07, 6.45) is -2.38. The van der Waals surface area contributed by atoms with Gasteiger partial charge in [0, 0.05) is 12.1 Å². The zero-order chi connectivity index (χ0) is 21.4.